The Kier molecular flexibility index (Phi) is 3.81. The fourth-order valence-corrected chi connectivity index (χ4v) is 3.58. The number of hydrogen-bond donors (Lipinski definition) is 0. The Balaban J connectivity index is 1.97. The van der Waals surface area contributed by atoms with E-state index in [0.717, 1.165) is 36.5 Å². The first-order chi connectivity index (χ1) is 11.0. The van der Waals surface area contributed by atoms with Gasteiger partial charge in [-0.1, -0.05) is 32.0 Å². The van der Waals surface area contributed by atoms with Crippen LogP contribution in [0.1, 0.15) is 32.3 Å². The van der Waals surface area contributed by atoms with Crippen LogP contribution in [-0.2, 0) is 10.2 Å². The van der Waals surface area contributed by atoms with Crippen molar-refractivity contribution in [1.29, 1.82) is 5.26 Å². The van der Waals surface area contributed by atoms with Gasteiger partial charge >= 0.3 is 0 Å². The van der Waals surface area contributed by atoms with Gasteiger partial charge in [0.2, 0.25) is 0 Å². The second kappa shape index (κ2) is 5.66. The zero-order valence-corrected chi connectivity index (χ0v) is 13.8. The van der Waals surface area contributed by atoms with E-state index in [0.29, 0.717) is 0 Å². The third kappa shape index (κ3) is 2.46. The van der Waals surface area contributed by atoms with Crippen molar-refractivity contribution in [3.8, 4) is 6.07 Å². The molecule has 0 N–H and O–H groups in total. The summed E-state index contributed by atoms with van der Waals surface area (Å²) in [7, 11) is 1.97. The molecule has 0 aliphatic carbocycles. The summed E-state index contributed by atoms with van der Waals surface area (Å²) < 4.78 is 0. The van der Waals surface area contributed by atoms with E-state index in [1.54, 1.807) is 6.08 Å². The van der Waals surface area contributed by atoms with Crippen LogP contribution >= 0.6 is 0 Å². The number of para-hydroxylation sites is 1. The summed E-state index contributed by atoms with van der Waals surface area (Å²) in [5.41, 5.74) is 3.74. The number of hydrogen-bond acceptors (Lipinski definition) is 4. The molecule has 0 amide bonds. The molecule has 0 bridgehead atoms. The van der Waals surface area contributed by atoms with Crippen molar-refractivity contribution in [1.82, 2.24) is 0 Å². The molecule has 0 saturated carbocycles. The zero-order valence-electron chi connectivity index (χ0n) is 13.8. The summed E-state index contributed by atoms with van der Waals surface area (Å²) >= 11 is 0. The van der Waals surface area contributed by atoms with E-state index in [1.807, 2.05) is 19.2 Å². The lowest BCUT2D eigenvalue weighted by Crippen LogP contribution is -2.27. The summed E-state index contributed by atoms with van der Waals surface area (Å²) in [5, 5.41) is 9.41. The molecule has 23 heavy (non-hydrogen) atoms. The average Bonchev–Trinajstić information content (AvgIpc) is 3.11. The average molecular weight is 307 g/mol. The van der Waals surface area contributed by atoms with Crippen LogP contribution in [0.2, 0.25) is 0 Å². The van der Waals surface area contributed by atoms with E-state index in [2.05, 4.69) is 41.9 Å². The lowest BCUT2D eigenvalue weighted by Gasteiger charge is -2.24. The number of ketones is 1. The molecule has 2 aliphatic heterocycles. The number of anilines is 1. The molecule has 4 heteroatoms. The zero-order chi connectivity index (χ0) is 16.6. The molecule has 1 aromatic rings. The fourth-order valence-electron chi connectivity index (χ4n) is 3.58. The summed E-state index contributed by atoms with van der Waals surface area (Å²) in [6.07, 6.45) is 3.34. The molecule has 0 fully saturated rings. The quantitative estimate of drug-likeness (QED) is 0.806. The molecule has 0 aromatic heterocycles. The van der Waals surface area contributed by atoms with Gasteiger partial charge in [0.25, 0.3) is 0 Å². The number of allylic oxidation sites excluding steroid dienone is 2. The Morgan fingerprint density at radius 2 is 2.17 bits per heavy atom. The van der Waals surface area contributed by atoms with E-state index in [9.17, 15) is 10.1 Å². The Morgan fingerprint density at radius 3 is 2.78 bits per heavy atom. The predicted molar refractivity (Wildman–Crippen MR) is 91.6 cm³/mol. The summed E-state index contributed by atoms with van der Waals surface area (Å²) in [6.45, 7) is 4.96. The summed E-state index contributed by atoms with van der Waals surface area (Å²) in [4.78, 5) is 19.1. The number of rotatable bonds is 3. The highest BCUT2D eigenvalue weighted by Gasteiger charge is 2.39. The van der Waals surface area contributed by atoms with Crippen molar-refractivity contribution in [2.24, 2.45) is 10.9 Å². The van der Waals surface area contributed by atoms with Crippen LogP contribution in [0.15, 0.2) is 41.0 Å². The normalized spacial score (nSPS) is 21.7. The lowest BCUT2D eigenvalue weighted by atomic mass is 9.82. The molecule has 118 valence electrons. The van der Waals surface area contributed by atoms with Gasteiger partial charge in [-0.15, -0.1) is 0 Å². The Hall–Kier alpha value is -2.41. The molecule has 2 heterocycles. The maximum atomic E-state index is 12.7. The standard InChI is InChI=1S/C19H21N3O/c1-19(2)14-7-4-5-9-16(14)22(3)18(19)11-17(23)13(12-20)15-8-6-10-21-15/h4-5,7,9,11,13H,6,8,10H2,1-3H3/b18-11+/t13-/m1/s1. The van der Waals surface area contributed by atoms with Crippen molar-refractivity contribution in [3.05, 3.63) is 41.6 Å². The maximum Gasteiger partial charge on any atom is 0.180 e. The Bertz CT molecular complexity index is 752. The molecule has 0 unspecified atom stereocenters. The predicted octanol–water partition coefficient (Wildman–Crippen LogP) is 3.24. The second-order valence-corrected chi connectivity index (χ2v) is 6.67. The molecule has 0 radical (unpaired) electrons. The topological polar surface area (TPSA) is 56.5 Å². The molecule has 1 aromatic carbocycles. The van der Waals surface area contributed by atoms with E-state index >= 15 is 0 Å². The first-order valence-electron chi connectivity index (χ1n) is 7.99. The lowest BCUT2D eigenvalue weighted by molar-refractivity contribution is -0.115. The van der Waals surface area contributed by atoms with Crippen LogP contribution in [0, 0.1) is 17.2 Å². The van der Waals surface area contributed by atoms with Gasteiger partial charge in [-0.25, -0.2) is 0 Å². The van der Waals surface area contributed by atoms with Gasteiger partial charge in [0.15, 0.2) is 5.78 Å². The SMILES string of the molecule is CN1/C(=C/C(=O)[C@H](C#N)C2=NCCC2)C(C)(C)c2ccccc21. The molecule has 4 nitrogen and oxygen atoms in total. The van der Waals surface area contributed by atoms with Crippen LogP contribution in [0.4, 0.5) is 5.69 Å². The van der Waals surface area contributed by atoms with E-state index in [1.165, 1.54) is 5.56 Å². The fraction of sp³-hybridized carbons (Fsp3) is 0.421. The number of carbonyl (C=O) groups excluding carboxylic acids is 1. The van der Waals surface area contributed by atoms with Crippen LogP contribution in [-0.4, -0.2) is 25.1 Å². The van der Waals surface area contributed by atoms with Gasteiger partial charge in [0, 0.05) is 42.2 Å². The van der Waals surface area contributed by atoms with Crippen LogP contribution < -0.4 is 4.90 Å². The number of nitriles is 1. The number of benzene rings is 1. The largest absolute Gasteiger partial charge is 0.347 e. The van der Waals surface area contributed by atoms with Crippen molar-refractivity contribution >= 4 is 17.2 Å². The first-order valence-corrected chi connectivity index (χ1v) is 7.99. The van der Waals surface area contributed by atoms with Gasteiger partial charge in [-0.3, -0.25) is 9.79 Å². The van der Waals surface area contributed by atoms with Crippen molar-refractivity contribution in [3.63, 3.8) is 0 Å². The second-order valence-electron chi connectivity index (χ2n) is 6.67. The van der Waals surface area contributed by atoms with Gasteiger partial charge in [-0.05, 0) is 24.5 Å². The van der Waals surface area contributed by atoms with E-state index in [4.69, 9.17) is 0 Å². The molecular weight excluding hydrogens is 286 g/mol. The Morgan fingerprint density at radius 1 is 1.43 bits per heavy atom. The molecule has 2 aliphatic rings. The molecular formula is C19H21N3O. The number of aliphatic imine (C=N–C) groups is 1. The minimum atomic E-state index is -0.738. The highest BCUT2D eigenvalue weighted by atomic mass is 16.1. The number of nitrogens with zero attached hydrogens (tertiary/aromatic N) is 3. The Labute approximate surface area is 137 Å². The van der Waals surface area contributed by atoms with E-state index < -0.39 is 5.92 Å². The third-order valence-corrected chi connectivity index (χ3v) is 4.87. The summed E-state index contributed by atoms with van der Waals surface area (Å²) in [6, 6.07) is 10.3. The number of carbonyl (C=O) groups is 1. The van der Waals surface area contributed by atoms with Crippen molar-refractivity contribution in [2.75, 3.05) is 18.5 Å². The monoisotopic (exact) mass is 307 g/mol. The van der Waals surface area contributed by atoms with E-state index in [-0.39, 0.29) is 11.2 Å². The molecule has 3 rings (SSSR count). The van der Waals surface area contributed by atoms with Crippen LogP contribution in [0.3, 0.4) is 0 Å². The molecule has 1 atom stereocenters. The third-order valence-electron chi connectivity index (χ3n) is 4.87. The van der Waals surface area contributed by atoms with Crippen molar-refractivity contribution in [2.45, 2.75) is 32.1 Å². The summed E-state index contributed by atoms with van der Waals surface area (Å²) in [5.74, 6) is -0.895. The minimum Gasteiger partial charge on any atom is -0.347 e. The van der Waals surface area contributed by atoms with Gasteiger partial charge < -0.3 is 4.90 Å². The number of fused-ring (bicyclic) bond motifs is 1. The van der Waals surface area contributed by atoms with Gasteiger partial charge in [0.05, 0.1) is 6.07 Å². The smallest absolute Gasteiger partial charge is 0.180 e. The van der Waals surface area contributed by atoms with Gasteiger partial charge in [0.1, 0.15) is 5.92 Å². The molecule has 0 saturated heterocycles. The first kappa shape index (κ1) is 15.5. The highest BCUT2D eigenvalue weighted by molar-refractivity contribution is 6.12. The number of likely N-dealkylation sites (N-methyl/N-ethyl adjacent to an activating group) is 1. The minimum absolute atomic E-state index is 0.157. The highest BCUT2D eigenvalue weighted by Crippen LogP contribution is 2.46. The van der Waals surface area contributed by atoms with Crippen LogP contribution in [0.25, 0.3) is 0 Å². The maximum absolute atomic E-state index is 12.7. The van der Waals surface area contributed by atoms with Crippen molar-refractivity contribution < 1.29 is 4.79 Å². The van der Waals surface area contributed by atoms with Crippen LogP contribution in [0.5, 0.6) is 0 Å². The molecule has 0 spiro atoms. The van der Waals surface area contributed by atoms with Gasteiger partial charge in [-0.2, -0.15) is 5.26 Å².